The second-order valence-corrected chi connectivity index (χ2v) is 10.0. The van der Waals surface area contributed by atoms with Gasteiger partial charge in [-0.3, -0.25) is 4.79 Å². The molecule has 7 nitrogen and oxygen atoms in total. The third-order valence-electron chi connectivity index (χ3n) is 5.74. The lowest BCUT2D eigenvalue weighted by Gasteiger charge is -2.16. The molecule has 0 saturated carbocycles. The number of aromatic nitrogens is 3. The summed E-state index contributed by atoms with van der Waals surface area (Å²) in [6.07, 6.45) is -0.831. The third kappa shape index (κ3) is 6.38. The number of hydrogen-bond donors (Lipinski definition) is 1. The highest BCUT2D eigenvalue weighted by Gasteiger charge is 2.33. The first-order valence-electron chi connectivity index (χ1n) is 11.7. The highest BCUT2D eigenvalue weighted by Crippen LogP contribution is 2.33. The maximum atomic E-state index is 13.1. The standard InChI is InChI=1S/C25H27F3N4O3S/c1-14(2)21-12-29-24(36-21)17-9-16(10-19(11-17)35-13-18-5-4-8-34-18)23(33)30-15(3)20-6-7-22(32-31-20)25(26,27)28/h6-7,9-12,14-15,18H,4-5,8,13H2,1-3H3,(H,30,33)/t15-,18?/m1/s1. The number of nitrogens with zero attached hydrogens (tertiary/aromatic N) is 3. The number of hydrogen-bond acceptors (Lipinski definition) is 7. The molecule has 1 N–H and O–H groups in total. The van der Waals surface area contributed by atoms with Crippen LogP contribution in [0.25, 0.3) is 10.6 Å². The van der Waals surface area contributed by atoms with E-state index in [4.69, 9.17) is 9.47 Å². The van der Waals surface area contributed by atoms with Crippen LogP contribution in [0.2, 0.25) is 0 Å². The zero-order valence-electron chi connectivity index (χ0n) is 20.1. The van der Waals surface area contributed by atoms with E-state index in [2.05, 4.69) is 34.3 Å². The van der Waals surface area contributed by atoms with Gasteiger partial charge in [-0.05, 0) is 56.0 Å². The molecule has 1 fully saturated rings. The summed E-state index contributed by atoms with van der Waals surface area (Å²) in [5, 5.41) is 10.4. The van der Waals surface area contributed by atoms with E-state index < -0.39 is 23.8 Å². The van der Waals surface area contributed by atoms with Gasteiger partial charge in [0.25, 0.3) is 5.91 Å². The minimum Gasteiger partial charge on any atom is -0.491 e. The van der Waals surface area contributed by atoms with E-state index in [0.29, 0.717) is 30.4 Å². The van der Waals surface area contributed by atoms with Crippen molar-refractivity contribution in [3.63, 3.8) is 0 Å². The van der Waals surface area contributed by atoms with Crippen LogP contribution in [-0.4, -0.2) is 40.4 Å². The van der Waals surface area contributed by atoms with E-state index in [-0.39, 0.29) is 11.8 Å². The number of thiazole rings is 1. The van der Waals surface area contributed by atoms with E-state index in [0.717, 1.165) is 34.4 Å². The molecular formula is C25H27F3N4O3S. The highest BCUT2D eigenvalue weighted by atomic mass is 32.1. The van der Waals surface area contributed by atoms with Crippen molar-refractivity contribution in [3.8, 4) is 16.3 Å². The van der Waals surface area contributed by atoms with Gasteiger partial charge in [-0.2, -0.15) is 18.3 Å². The lowest BCUT2D eigenvalue weighted by Crippen LogP contribution is -2.27. The van der Waals surface area contributed by atoms with Crippen molar-refractivity contribution in [2.75, 3.05) is 13.2 Å². The molecule has 192 valence electrons. The molecule has 3 aromatic rings. The van der Waals surface area contributed by atoms with Crippen LogP contribution >= 0.6 is 11.3 Å². The minimum atomic E-state index is -4.58. The quantitative estimate of drug-likeness (QED) is 0.405. The summed E-state index contributed by atoms with van der Waals surface area (Å²) >= 11 is 1.55. The number of alkyl halides is 3. The molecule has 36 heavy (non-hydrogen) atoms. The lowest BCUT2D eigenvalue weighted by atomic mass is 10.1. The number of carbonyl (C=O) groups excluding carboxylic acids is 1. The molecule has 0 aliphatic carbocycles. The fraction of sp³-hybridized carbons (Fsp3) is 0.440. The van der Waals surface area contributed by atoms with Crippen LogP contribution in [0.1, 0.15) is 72.2 Å². The molecule has 3 heterocycles. The SMILES string of the molecule is CC(C)c1cnc(-c2cc(OCC3CCCO3)cc(C(=O)N[C@H](C)c3ccc(C(F)(F)F)nn3)c2)s1. The highest BCUT2D eigenvalue weighted by molar-refractivity contribution is 7.15. The number of carbonyl (C=O) groups is 1. The normalized spacial score (nSPS) is 16.8. The molecule has 0 bridgehead atoms. The molecule has 1 aliphatic heterocycles. The predicted octanol–water partition coefficient (Wildman–Crippen LogP) is 5.79. The maximum Gasteiger partial charge on any atom is 0.435 e. The van der Waals surface area contributed by atoms with Gasteiger partial charge in [0.1, 0.15) is 17.4 Å². The van der Waals surface area contributed by atoms with Crippen molar-refractivity contribution in [3.05, 3.63) is 58.4 Å². The molecule has 2 aromatic heterocycles. The van der Waals surface area contributed by atoms with E-state index in [1.165, 1.54) is 6.07 Å². The zero-order chi connectivity index (χ0) is 25.9. The Morgan fingerprint density at radius 1 is 1.22 bits per heavy atom. The molecule has 11 heteroatoms. The molecule has 1 aromatic carbocycles. The minimum absolute atomic E-state index is 0.0107. The summed E-state index contributed by atoms with van der Waals surface area (Å²) in [6, 6.07) is 6.59. The van der Waals surface area contributed by atoms with Crippen LogP contribution in [0.3, 0.4) is 0 Å². The van der Waals surface area contributed by atoms with Crippen LogP contribution < -0.4 is 10.1 Å². The Balaban J connectivity index is 1.55. The zero-order valence-corrected chi connectivity index (χ0v) is 20.9. The Hall–Kier alpha value is -3.05. The Morgan fingerprint density at radius 2 is 2.03 bits per heavy atom. The summed E-state index contributed by atoms with van der Waals surface area (Å²) < 4.78 is 49.9. The topological polar surface area (TPSA) is 86.2 Å². The van der Waals surface area contributed by atoms with Crippen molar-refractivity contribution in [2.45, 2.75) is 57.9 Å². The first-order chi connectivity index (χ1) is 17.1. The Morgan fingerprint density at radius 3 is 2.64 bits per heavy atom. The van der Waals surface area contributed by atoms with Crippen LogP contribution in [0.15, 0.2) is 36.5 Å². The fourth-order valence-corrected chi connectivity index (χ4v) is 4.57. The van der Waals surface area contributed by atoms with Gasteiger partial charge in [0.15, 0.2) is 5.69 Å². The van der Waals surface area contributed by atoms with Gasteiger partial charge in [-0.25, -0.2) is 4.98 Å². The summed E-state index contributed by atoms with van der Waals surface area (Å²) in [5.41, 5.74) is 0.199. The first kappa shape index (κ1) is 26.0. The Kier molecular flexibility index (Phi) is 7.89. The summed E-state index contributed by atoms with van der Waals surface area (Å²) in [6.45, 7) is 6.88. The van der Waals surface area contributed by atoms with E-state index in [1.807, 2.05) is 12.3 Å². The predicted molar refractivity (Wildman–Crippen MR) is 129 cm³/mol. The average Bonchev–Trinajstić information content (AvgIpc) is 3.54. The number of nitrogens with one attached hydrogen (secondary N) is 1. The number of halogens is 3. The molecule has 1 saturated heterocycles. The molecule has 0 radical (unpaired) electrons. The lowest BCUT2D eigenvalue weighted by molar-refractivity contribution is -0.141. The van der Waals surface area contributed by atoms with Gasteiger partial charge < -0.3 is 14.8 Å². The van der Waals surface area contributed by atoms with E-state index in [1.54, 1.807) is 30.4 Å². The molecule has 0 spiro atoms. The van der Waals surface area contributed by atoms with Crippen molar-refractivity contribution >= 4 is 17.2 Å². The largest absolute Gasteiger partial charge is 0.491 e. The average molecular weight is 521 g/mol. The molecule has 2 atom stereocenters. The van der Waals surface area contributed by atoms with Crippen molar-refractivity contribution in [1.82, 2.24) is 20.5 Å². The Labute approximate surface area is 211 Å². The number of benzene rings is 1. The summed E-state index contributed by atoms with van der Waals surface area (Å²) in [5.74, 6) is 0.411. The third-order valence-corrected chi connectivity index (χ3v) is 7.08. The first-order valence-corrected chi connectivity index (χ1v) is 12.5. The molecular weight excluding hydrogens is 493 g/mol. The van der Waals surface area contributed by atoms with Crippen LogP contribution in [0.4, 0.5) is 13.2 Å². The molecule has 1 amide bonds. The monoisotopic (exact) mass is 520 g/mol. The molecule has 4 rings (SSSR count). The van der Waals surface area contributed by atoms with Crippen LogP contribution in [-0.2, 0) is 10.9 Å². The van der Waals surface area contributed by atoms with Gasteiger partial charge in [-0.15, -0.1) is 16.4 Å². The summed E-state index contributed by atoms with van der Waals surface area (Å²) in [7, 11) is 0. The van der Waals surface area contributed by atoms with Crippen LogP contribution in [0, 0.1) is 0 Å². The maximum absolute atomic E-state index is 13.1. The van der Waals surface area contributed by atoms with Crippen molar-refractivity contribution in [1.29, 1.82) is 0 Å². The molecule has 1 aliphatic rings. The van der Waals surface area contributed by atoms with Crippen LogP contribution in [0.5, 0.6) is 5.75 Å². The fourth-order valence-electron chi connectivity index (χ4n) is 3.67. The number of rotatable bonds is 8. The number of ether oxygens (including phenoxy) is 2. The smallest absolute Gasteiger partial charge is 0.435 e. The Bertz CT molecular complexity index is 1190. The van der Waals surface area contributed by atoms with Gasteiger partial charge in [0.05, 0.1) is 17.8 Å². The van der Waals surface area contributed by atoms with Crippen molar-refractivity contribution < 1.29 is 27.4 Å². The number of amides is 1. The van der Waals surface area contributed by atoms with Crippen molar-refractivity contribution in [2.24, 2.45) is 0 Å². The van der Waals surface area contributed by atoms with Gasteiger partial charge >= 0.3 is 6.18 Å². The second-order valence-electron chi connectivity index (χ2n) is 8.95. The van der Waals surface area contributed by atoms with E-state index in [9.17, 15) is 18.0 Å². The van der Waals surface area contributed by atoms with Gasteiger partial charge in [-0.1, -0.05) is 13.8 Å². The van der Waals surface area contributed by atoms with Gasteiger partial charge in [0, 0.05) is 28.8 Å². The van der Waals surface area contributed by atoms with E-state index >= 15 is 0 Å². The summed E-state index contributed by atoms with van der Waals surface area (Å²) in [4.78, 5) is 18.8. The molecule has 1 unspecified atom stereocenters. The van der Waals surface area contributed by atoms with Gasteiger partial charge in [0.2, 0.25) is 0 Å². The second kappa shape index (κ2) is 10.9.